The van der Waals surface area contributed by atoms with E-state index in [1.54, 1.807) is 0 Å². The summed E-state index contributed by atoms with van der Waals surface area (Å²) in [4.78, 5) is 0. The Morgan fingerprint density at radius 2 is 2.06 bits per heavy atom. The van der Waals surface area contributed by atoms with Crippen molar-refractivity contribution in [2.24, 2.45) is 11.8 Å². The minimum atomic E-state index is 0.258. The van der Waals surface area contributed by atoms with Gasteiger partial charge in [-0.05, 0) is 44.1 Å². The fourth-order valence-corrected chi connectivity index (χ4v) is 2.10. The second kappa shape index (κ2) is 6.80. The molecule has 0 aliphatic carbocycles. The molecule has 0 aliphatic rings. The van der Waals surface area contributed by atoms with Gasteiger partial charge in [-0.15, -0.1) is 0 Å². The van der Waals surface area contributed by atoms with Gasteiger partial charge in [0.15, 0.2) is 0 Å². The average molecular weight is 238 g/mol. The maximum Gasteiger partial charge on any atom is 0.0628 e. The summed E-state index contributed by atoms with van der Waals surface area (Å²) in [5, 5.41) is 13.9. The van der Waals surface area contributed by atoms with Crippen molar-refractivity contribution in [3.05, 3.63) is 18.0 Å². The maximum atomic E-state index is 9.36. The van der Waals surface area contributed by atoms with Gasteiger partial charge in [0.25, 0.3) is 0 Å². The third kappa shape index (κ3) is 4.50. The van der Waals surface area contributed by atoms with Crippen LogP contribution in [0.5, 0.6) is 0 Å². The molecule has 98 valence electrons. The van der Waals surface area contributed by atoms with Crippen molar-refractivity contribution in [1.82, 2.24) is 9.78 Å². The van der Waals surface area contributed by atoms with Crippen LogP contribution in [-0.4, -0.2) is 21.5 Å². The zero-order chi connectivity index (χ0) is 12.8. The largest absolute Gasteiger partial charge is 0.396 e. The summed E-state index contributed by atoms with van der Waals surface area (Å²) in [6, 6.07) is 2.54. The van der Waals surface area contributed by atoms with Crippen molar-refractivity contribution in [3.8, 4) is 0 Å². The highest BCUT2D eigenvalue weighted by atomic mass is 16.3. The Morgan fingerprint density at radius 3 is 2.59 bits per heavy atom. The zero-order valence-electron chi connectivity index (χ0n) is 11.6. The van der Waals surface area contributed by atoms with Gasteiger partial charge >= 0.3 is 0 Å². The number of hydrogen-bond donors (Lipinski definition) is 1. The number of rotatable bonds is 7. The first-order valence-corrected chi connectivity index (χ1v) is 6.71. The van der Waals surface area contributed by atoms with E-state index >= 15 is 0 Å². The molecule has 3 heteroatoms. The van der Waals surface area contributed by atoms with Crippen molar-refractivity contribution >= 4 is 0 Å². The smallest absolute Gasteiger partial charge is 0.0628 e. The van der Waals surface area contributed by atoms with E-state index in [-0.39, 0.29) is 6.61 Å². The van der Waals surface area contributed by atoms with Crippen molar-refractivity contribution in [2.45, 2.75) is 53.0 Å². The van der Waals surface area contributed by atoms with E-state index in [0.717, 1.165) is 25.0 Å². The number of hydrogen-bond acceptors (Lipinski definition) is 2. The topological polar surface area (TPSA) is 38.0 Å². The summed E-state index contributed by atoms with van der Waals surface area (Å²) in [7, 11) is 0. The van der Waals surface area contributed by atoms with Crippen LogP contribution in [0, 0.1) is 11.8 Å². The highest BCUT2D eigenvalue weighted by Crippen LogP contribution is 2.17. The molecular formula is C14H26N2O. The number of nitrogens with zero attached hydrogens (tertiary/aromatic N) is 2. The SMILES string of the molecule is CCC(C)n1ccc(CC(CO)CC(C)C)n1. The second-order valence-electron chi connectivity index (χ2n) is 5.43. The Kier molecular flexibility index (Phi) is 5.69. The molecular weight excluding hydrogens is 212 g/mol. The average Bonchev–Trinajstić information content (AvgIpc) is 2.75. The van der Waals surface area contributed by atoms with E-state index in [1.165, 1.54) is 0 Å². The normalized spacial score (nSPS) is 15.2. The predicted molar refractivity (Wildman–Crippen MR) is 71.0 cm³/mol. The van der Waals surface area contributed by atoms with Gasteiger partial charge in [0.05, 0.1) is 5.69 Å². The van der Waals surface area contributed by atoms with Gasteiger partial charge in [-0.2, -0.15) is 5.10 Å². The van der Waals surface area contributed by atoms with E-state index in [0.29, 0.717) is 17.9 Å². The fraction of sp³-hybridized carbons (Fsp3) is 0.786. The molecule has 0 aromatic carbocycles. The predicted octanol–water partition coefficient (Wildman–Crippen LogP) is 3.05. The van der Waals surface area contributed by atoms with E-state index in [9.17, 15) is 5.11 Å². The summed E-state index contributed by atoms with van der Waals surface area (Å²) < 4.78 is 2.03. The highest BCUT2D eigenvalue weighted by molar-refractivity contribution is 5.01. The standard InChI is InChI=1S/C14H26N2O/c1-5-12(4)16-7-6-14(15-16)9-13(10-17)8-11(2)3/h6-7,11-13,17H,5,8-10H2,1-4H3. The van der Waals surface area contributed by atoms with Crippen LogP contribution in [0.15, 0.2) is 12.3 Å². The molecule has 0 fully saturated rings. The molecule has 0 amide bonds. The van der Waals surface area contributed by atoms with Gasteiger partial charge in [-0.1, -0.05) is 20.8 Å². The highest BCUT2D eigenvalue weighted by Gasteiger charge is 2.13. The van der Waals surface area contributed by atoms with Crippen molar-refractivity contribution in [2.75, 3.05) is 6.61 Å². The summed E-state index contributed by atoms with van der Waals surface area (Å²) in [6.07, 6.45) is 5.09. The Balaban J connectivity index is 2.58. The van der Waals surface area contributed by atoms with Gasteiger partial charge in [0.1, 0.15) is 0 Å². The van der Waals surface area contributed by atoms with Gasteiger partial charge in [-0.3, -0.25) is 4.68 Å². The molecule has 1 aromatic rings. The van der Waals surface area contributed by atoms with Crippen LogP contribution in [0.25, 0.3) is 0 Å². The molecule has 3 nitrogen and oxygen atoms in total. The van der Waals surface area contributed by atoms with E-state index < -0.39 is 0 Å². The molecule has 0 bridgehead atoms. The summed E-state index contributed by atoms with van der Waals surface area (Å²) in [5.41, 5.74) is 1.10. The third-order valence-corrected chi connectivity index (χ3v) is 3.27. The number of aliphatic hydroxyl groups is 1. The summed E-state index contributed by atoms with van der Waals surface area (Å²) in [6.45, 7) is 8.99. The van der Waals surface area contributed by atoms with Crippen molar-refractivity contribution in [1.29, 1.82) is 0 Å². The molecule has 2 atom stereocenters. The van der Waals surface area contributed by atoms with E-state index in [1.807, 2.05) is 10.9 Å². The van der Waals surface area contributed by atoms with Crippen molar-refractivity contribution < 1.29 is 5.11 Å². The molecule has 17 heavy (non-hydrogen) atoms. The van der Waals surface area contributed by atoms with Crippen LogP contribution >= 0.6 is 0 Å². The molecule has 1 rings (SSSR count). The molecule has 0 radical (unpaired) electrons. The van der Waals surface area contributed by atoms with Crippen LogP contribution in [0.2, 0.25) is 0 Å². The first kappa shape index (κ1) is 14.2. The molecule has 0 saturated carbocycles. The minimum Gasteiger partial charge on any atom is -0.396 e. The molecule has 0 aliphatic heterocycles. The second-order valence-corrected chi connectivity index (χ2v) is 5.43. The van der Waals surface area contributed by atoms with Crippen LogP contribution < -0.4 is 0 Å². The molecule has 1 heterocycles. The Morgan fingerprint density at radius 1 is 1.35 bits per heavy atom. The van der Waals surface area contributed by atoms with Crippen LogP contribution in [0.3, 0.4) is 0 Å². The Labute approximate surface area is 105 Å². The lowest BCUT2D eigenvalue weighted by Crippen LogP contribution is -2.13. The van der Waals surface area contributed by atoms with Gasteiger partial charge in [0.2, 0.25) is 0 Å². The molecule has 0 saturated heterocycles. The fourth-order valence-electron chi connectivity index (χ4n) is 2.10. The van der Waals surface area contributed by atoms with Gasteiger partial charge in [-0.25, -0.2) is 0 Å². The lowest BCUT2D eigenvalue weighted by molar-refractivity contribution is 0.204. The lowest BCUT2D eigenvalue weighted by Gasteiger charge is -2.15. The number of aliphatic hydroxyl groups excluding tert-OH is 1. The first-order valence-electron chi connectivity index (χ1n) is 6.71. The van der Waals surface area contributed by atoms with Crippen LogP contribution in [0.1, 0.15) is 52.3 Å². The van der Waals surface area contributed by atoms with E-state index in [2.05, 4.69) is 38.9 Å². The van der Waals surface area contributed by atoms with E-state index in [4.69, 9.17) is 0 Å². The Bertz CT molecular complexity index is 320. The molecule has 2 unspecified atom stereocenters. The monoisotopic (exact) mass is 238 g/mol. The molecule has 1 N–H and O–H groups in total. The summed E-state index contributed by atoms with van der Waals surface area (Å²) >= 11 is 0. The van der Waals surface area contributed by atoms with Crippen LogP contribution in [0.4, 0.5) is 0 Å². The minimum absolute atomic E-state index is 0.258. The molecule has 1 aromatic heterocycles. The lowest BCUT2D eigenvalue weighted by atomic mass is 9.94. The van der Waals surface area contributed by atoms with Crippen molar-refractivity contribution in [3.63, 3.8) is 0 Å². The quantitative estimate of drug-likeness (QED) is 0.793. The van der Waals surface area contributed by atoms with Gasteiger partial charge < -0.3 is 5.11 Å². The maximum absolute atomic E-state index is 9.36. The van der Waals surface area contributed by atoms with Crippen LogP contribution in [-0.2, 0) is 6.42 Å². The Hall–Kier alpha value is -0.830. The third-order valence-electron chi connectivity index (χ3n) is 3.27. The first-order chi connectivity index (χ1) is 8.06. The van der Waals surface area contributed by atoms with Gasteiger partial charge in [0, 0.05) is 18.8 Å². The molecule has 0 spiro atoms. The number of aromatic nitrogens is 2. The summed E-state index contributed by atoms with van der Waals surface area (Å²) in [5.74, 6) is 0.971. The zero-order valence-corrected chi connectivity index (χ0v) is 11.6.